The lowest BCUT2D eigenvalue weighted by Crippen LogP contribution is -2.52. The second-order valence-corrected chi connectivity index (χ2v) is 6.71. The molecule has 1 aliphatic heterocycles. The molecule has 0 aromatic heterocycles. The summed E-state index contributed by atoms with van der Waals surface area (Å²) in [5, 5.41) is 4.12. The first-order valence-electron chi connectivity index (χ1n) is 8.07. The number of ether oxygens (including phenoxy) is 1. The van der Waals surface area contributed by atoms with Gasteiger partial charge in [-0.1, -0.05) is 34.7 Å². The van der Waals surface area contributed by atoms with Crippen molar-refractivity contribution in [2.75, 3.05) is 13.7 Å². The fourth-order valence-corrected chi connectivity index (χ4v) is 4.10. The molecule has 1 aromatic rings. The van der Waals surface area contributed by atoms with E-state index in [2.05, 4.69) is 17.0 Å². The molecule has 1 unspecified atom stereocenters. The van der Waals surface area contributed by atoms with Crippen LogP contribution in [0, 0.1) is 22.7 Å². The van der Waals surface area contributed by atoms with Crippen LogP contribution < -0.4 is 0 Å². The molecule has 126 valence electrons. The van der Waals surface area contributed by atoms with E-state index in [0.29, 0.717) is 18.0 Å². The van der Waals surface area contributed by atoms with Crippen LogP contribution in [-0.4, -0.2) is 36.2 Å². The lowest BCUT2D eigenvalue weighted by Gasteiger charge is -2.39. The van der Waals surface area contributed by atoms with Crippen molar-refractivity contribution in [1.82, 2.24) is 4.90 Å². The van der Waals surface area contributed by atoms with Gasteiger partial charge in [0.2, 0.25) is 0 Å². The third kappa shape index (κ3) is 2.87. The molecule has 3 rings (SSSR count). The van der Waals surface area contributed by atoms with Gasteiger partial charge in [0.1, 0.15) is 5.54 Å². The van der Waals surface area contributed by atoms with E-state index in [-0.39, 0.29) is 12.0 Å². The predicted molar refractivity (Wildman–Crippen MR) is 91.7 cm³/mol. The second kappa shape index (κ2) is 6.82. The van der Waals surface area contributed by atoms with Gasteiger partial charge < -0.3 is 9.64 Å². The lowest BCUT2D eigenvalue weighted by atomic mass is 9.70. The number of fused-ring (bicyclic) bond motifs is 1. The molecule has 2 fully saturated rings. The molecule has 6 heteroatoms. The third-order valence-electron chi connectivity index (χ3n) is 5.07. The first kappa shape index (κ1) is 16.8. The first-order chi connectivity index (χ1) is 11.6. The summed E-state index contributed by atoms with van der Waals surface area (Å²) in [5.41, 5.74) is -0.0219. The fraction of sp³-hybridized carbons (Fsp3) is 0.500. The number of halogens is 1. The van der Waals surface area contributed by atoms with Gasteiger partial charge in [-0.2, -0.15) is 4.91 Å². The van der Waals surface area contributed by atoms with Gasteiger partial charge >= 0.3 is 6.09 Å². The maximum Gasteiger partial charge on any atom is 0.409 e. The summed E-state index contributed by atoms with van der Waals surface area (Å²) in [6.07, 6.45) is 2.62. The highest BCUT2D eigenvalue weighted by Crippen LogP contribution is 2.46. The average molecular weight is 347 g/mol. The summed E-state index contributed by atoms with van der Waals surface area (Å²) in [7, 11) is 1.36. The first-order valence-corrected chi connectivity index (χ1v) is 8.45. The Morgan fingerprint density at radius 3 is 3.00 bits per heavy atom. The number of carbonyl (C=O) groups excluding carboxylic acids is 1. The SMILES string of the molecule is COC(=O)N1CC[C@@]2(N=O)C(C#Cc3cccc(Cl)c3)CCC[C@@H]12. The maximum atomic E-state index is 12.0. The van der Waals surface area contributed by atoms with Gasteiger partial charge in [0.05, 0.1) is 19.1 Å². The van der Waals surface area contributed by atoms with Crippen molar-refractivity contribution in [1.29, 1.82) is 0 Å². The minimum atomic E-state index is -0.835. The number of benzene rings is 1. The Bertz CT molecular complexity index is 712. The van der Waals surface area contributed by atoms with Gasteiger partial charge in [-0.25, -0.2) is 4.79 Å². The summed E-state index contributed by atoms with van der Waals surface area (Å²) < 4.78 is 4.84. The van der Waals surface area contributed by atoms with Crippen molar-refractivity contribution in [2.24, 2.45) is 11.1 Å². The fourth-order valence-electron chi connectivity index (χ4n) is 3.91. The summed E-state index contributed by atoms with van der Waals surface area (Å²) in [6, 6.07) is 7.09. The van der Waals surface area contributed by atoms with E-state index in [1.807, 2.05) is 12.1 Å². The van der Waals surface area contributed by atoms with Crippen LogP contribution >= 0.6 is 11.6 Å². The molecule has 0 radical (unpaired) electrons. The molecular formula is C18H19ClN2O3. The molecule has 1 saturated heterocycles. The Hall–Kier alpha value is -2.06. The van der Waals surface area contributed by atoms with Crippen LogP contribution in [0.1, 0.15) is 31.2 Å². The molecule has 0 N–H and O–H groups in total. The molecule has 1 aliphatic carbocycles. The Morgan fingerprint density at radius 2 is 2.29 bits per heavy atom. The zero-order chi connectivity index (χ0) is 17.2. The lowest BCUT2D eigenvalue weighted by molar-refractivity contribution is 0.0928. The number of amides is 1. The highest BCUT2D eigenvalue weighted by atomic mass is 35.5. The van der Waals surface area contributed by atoms with Crippen LogP contribution in [0.2, 0.25) is 5.02 Å². The Kier molecular flexibility index (Phi) is 4.77. The van der Waals surface area contributed by atoms with Gasteiger partial charge in [0, 0.05) is 17.1 Å². The molecule has 1 heterocycles. The summed E-state index contributed by atoms with van der Waals surface area (Å²) in [5.74, 6) is 6.18. The Morgan fingerprint density at radius 1 is 1.46 bits per heavy atom. The average Bonchev–Trinajstić information content (AvgIpc) is 2.99. The molecule has 1 saturated carbocycles. The number of nitrogens with zero attached hydrogens (tertiary/aromatic N) is 2. The summed E-state index contributed by atoms with van der Waals surface area (Å²) >= 11 is 5.99. The van der Waals surface area contributed by atoms with E-state index in [4.69, 9.17) is 16.3 Å². The van der Waals surface area contributed by atoms with Crippen LogP contribution in [0.15, 0.2) is 29.4 Å². The summed E-state index contributed by atoms with van der Waals surface area (Å²) in [6.45, 7) is 0.485. The number of hydrogen-bond donors (Lipinski definition) is 0. The topological polar surface area (TPSA) is 59.0 Å². The van der Waals surface area contributed by atoms with Crippen molar-refractivity contribution in [3.8, 4) is 11.8 Å². The van der Waals surface area contributed by atoms with Crippen molar-refractivity contribution in [3.63, 3.8) is 0 Å². The summed E-state index contributed by atoms with van der Waals surface area (Å²) in [4.78, 5) is 25.4. The number of nitroso groups, excluding NO2 is 1. The monoisotopic (exact) mass is 346 g/mol. The van der Waals surface area contributed by atoms with E-state index >= 15 is 0 Å². The van der Waals surface area contributed by atoms with Crippen molar-refractivity contribution in [3.05, 3.63) is 39.8 Å². The minimum absolute atomic E-state index is 0.164. The van der Waals surface area contributed by atoms with Crippen LogP contribution in [-0.2, 0) is 4.74 Å². The standard InChI is InChI=1S/C18H19ClN2O3/c1-24-17(22)21-11-10-18(20-23)14(5-3-7-16(18)21)9-8-13-4-2-6-15(19)12-13/h2,4,6,12,14,16H,3,5,7,10-11H2,1H3/t14?,16-,18-/m1/s1. The number of rotatable bonds is 1. The molecule has 1 aromatic carbocycles. The largest absolute Gasteiger partial charge is 0.453 e. The van der Waals surface area contributed by atoms with Gasteiger partial charge in [-0.3, -0.25) is 0 Å². The normalized spacial score (nSPS) is 28.5. The maximum absolute atomic E-state index is 12.0. The number of hydrogen-bond acceptors (Lipinski definition) is 4. The zero-order valence-corrected chi connectivity index (χ0v) is 14.3. The molecule has 3 atom stereocenters. The van der Waals surface area contributed by atoms with Crippen LogP contribution in [0.4, 0.5) is 4.79 Å². The van der Waals surface area contributed by atoms with E-state index in [9.17, 15) is 9.70 Å². The number of methoxy groups -OCH3 is 1. The van der Waals surface area contributed by atoms with Crippen molar-refractivity contribution >= 4 is 17.7 Å². The molecule has 5 nitrogen and oxygen atoms in total. The highest BCUT2D eigenvalue weighted by molar-refractivity contribution is 6.30. The van der Waals surface area contributed by atoms with Gasteiger partial charge in [-0.15, -0.1) is 0 Å². The van der Waals surface area contributed by atoms with Gasteiger partial charge in [0.15, 0.2) is 0 Å². The predicted octanol–water partition coefficient (Wildman–Crippen LogP) is 3.84. The van der Waals surface area contributed by atoms with Crippen molar-refractivity contribution < 1.29 is 9.53 Å². The molecule has 2 aliphatic rings. The highest BCUT2D eigenvalue weighted by Gasteiger charge is 2.57. The molecule has 1 amide bonds. The zero-order valence-electron chi connectivity index (χ0n) is 13.5. The van der Waals surface area contributed by atoms with Gasteiger partial charge in [-0.05, 0) is 43.9 Å². The minimum Gasteiger partial charge on any atom is -0.453 e. The third-order valence-corrected chi connectivity index (χ3v) is 5.31. The van der Waals surface area contributed by atoms with Crippen LogP contribution in [0.5, 0.6) is 0 Å². The molecule has 0 bridgehead atoms. The Balaban J connectivity index is 1.89. The van der Waals surface area contributed by atoms with Crippen molar-refractivity contribution in [2.45, 2.75) is 37.3 Å². The Labute approximate surface area is 146 Å². The molecular weight excluding hydrogens is 328 g/mol. The van der Waals surface area contributed by atoms with E-state index < -0.39 is 11.6 Å². The van der Waals surface area contributed by atoms with Gasteiger partial charge in [0.25, 0.3) is 0 Å². The van der Waals surface area contributed by atoms with E-state index in [0.717, 1.165) is 24.8 Å². The quantitative estimate of drug-likeness (QED) is 0.573. The molecule has 0 spiro atoms. The smallest absolute Gasteiger partial charge is 0.409 e. The second-order valence-electron chi connectivity index (χ2n) is 6.27. The van der Waals surface area contributed by atoms with E-state index in [1.165, 1.54) is 7.11 Å². The van der Waals surface area contributed by atoms with Crippen LogP contribution in [0.25, 0.3) is 0 Å². The van der Waals surface area contributed by atoms with E-state index in [1.54, 1.807) is 17.0 Å². The number of carbonyl (C=O) groups is 1. The number of likely N-dealkylation sites (tertiary alicyclic amines) is 1. The molecule has 24 heavy (non-hydrogen) atoms. The van der Waals surface area contributed by atoms with Crippen LogP contribution in [0.3, 0.4) is 0 Å².